The van der Waals surface area contributed by atoms with E-state index in [1.807, 2.05) is 37.5 Å². The van der Waals surface area contributed by atoms with Crippen LogP contribution in [0.3, 0.4) is 0 Å². The van der Waals surface area contributed by atoms with E-state index in [4.69, 9.17) is 0 Å². The second-order valence-corrected chi connectivity index (χ2v) is 9.87. The molecule has 0 atom stereocenters. The lowest BCUT2D eigenvalue weighted by Crippen LogP contribution is -2.24. The Morgan fingerprint density at radius 1 is 0.939 bits per heavy atom. The summed E-state index contributed by atoms with van der Waals surface area (Å²) >= 11 is 0. The molecule has 1 aromatic heterocycles. The van der Waals surface area contributed by atoms with Gasteiger partial charge in [0.15, 0.2) is 0 Å². The van der Waals surface area contributed by atoms with E-state index in [-0.39, 0.29) is 16.4 Å². The molecule has 0 fully saturated rings. The summed E-state index contributed by atoms with van der Waals surface area (Å²) in [5, 5.41) is 4.18. The molecular weight excluding hydrogens is 441 g/mol. The van der Waals surface area contributed by atoms with Crippen LogP contribution in [0.25, 0.3) is 11.1 Å². The number of rotatable bonds is 5. The zero-order valence-corrected chi connectivity index (χ0v) is 18.6. The Kier molecular flexibility index (Phi) is 5.09. The lowest BCUT2D eigenvalue weighted by atomic mass is 10.1. The maximum atomic E-state index is 14.3. The third kappa shape index (κ3) is 3.72. The molecule has 5 rings (SSSR count). The van der Waals surface area contributed by atoms with E-state index < -0.39 is 20.5 Å². The van der Waals surface area contributed by atoms with Crippen LogP contribution in [-0.4, -0.2) is 29.0 Å². The number of aryl methyl sites for hydroxylation is 1. The molecule has 2 heterocycles. The highest BCUT2D eigenvalue weighted by Crippen LogP contribution is 2.33. The lowest BCUT2D eigenvalue weighted by molar-refractivity contribution is 0.0764. The van der Waals surface area contributed by atoms with Crippen LogP contribution in [0.5, 0.6) is 0 Å². The molecule has 1 aliphatic heterocycles. The van der Waals surface area contributed by atoms with Gasteiger partial charge < -0.3 is 4.90 Å². The maximum absolute atomic E-state index is 14.3. The van der Waals surface area contributed by atoms with Crippen molar-refractivity contribution in [2.24, 2.45) is 7.05 Å². The second kappa shape index (κ2) is 7.97. The van der Waals surface area contributed by atoms with E-state index in [2.05, 4.69) is 5.10 Å². The quantitative estimate of drug-likeness (QED) is 0.446. The van der Waals surface area contributed by atoms with Crippen LogP contribution in [0, 0.1) is 5.82 Å². The van der Waals surface area contributed by atoms with E-state index in [1.54, 1.807) is 27.9 Å². The van der Waals surface area contributed by atoms with E-state index in [0.29, 0.717) is 18.7 Å². The summed E-state index contributed by atoms with van der Waals surface area (Å²) in [6, 6.07) is 17.7. The third-order valence-corrected chi connectivity index (χ3v) is 7.59. The Morgan fingerprint density at radius 2 is 1.67 bits per heavy atom. The second-order valence-electron chi connectivity index (χ2n) is 7.98. The molecule has 1 amide bonds. The minimum absolute atomic E-state index is 0.118. The van der Waals surface area contributed by atoms with Gasteiger partial charge in [-0.15, -0.1) is 0 Å². The number of fused-ring (bicyclic) bond motifs is 1. The molecule has 0 radical (unpaired) electrons. The van der Waals surface area contributed by atoms with Crippen molar-refractivity contribution in [1.82, 2.24) is 14.7 Å². The van der Waals surface area contributed by atoms with Crippen molar-refractivity contribution in [2.75, 3.05) is 0 Å². The van der Waals surface area contributed by atoms with Crippen molar-refractivity contribution in [3.63, 3.8) is 0 Å². The summed E-state index contributed by atoms with van der Waals surface area (Å²) in [5.74, 6) is -1.22. The first kappa shape index (κ1) is 21.1. The number of hydrogen-bond acceptors (Lipinski definition) is 4. The number of benzene rings is 3. The molecule has 166 valence electrons. The predicted octanol–water partition coefficient (Wildman–Crippen LogP) is 4.22. The van der Waals surface area contributed by atoms with Gasteiger partial charge in [0.05, 0.1) is 16.7 Å². The average Bonchev–Trinajstić information content (AvgIpc) is 3.38. The Morgan fingerprint density at radius 3 is 2.36 bits per heavy atom. The summed E-state index contributed by atoms with van der Waals surface area (Å²) in [6.07, 6.45) is 3.71. The van der Waals surface area contributed by atoms with E-state index >= 15 is 0 Å². The molecule has 0 spiro atoms. The zero-order valence-electron chi connectivity index (χ0n) is 17.8. The van der Waals surface area contributed by atoms with Gasteiger partial charge in [0.2, 0.25) is 9.84 Å². The van der Waals surface area contributed by atoms with Crippen LogP contribution in [-0.2, 0) is 30.0 Å². The summed E-state index contributed by atoms with van der Waals surface area (Å²) < 4.78 is 42.4. The number of carbonyl (C=O) groups excluding carboxylic acids is 1. The summed E-state index contributed by atoms with van der Waals surface area (Å²) in [7, 11) is -2.33. The van der Waals surface area contributed by atoms with E-state index in [9.17, 15) is 17.6 Å². The molecule has 0 bridgehead atoms. The number of aromatic nitrogens is 2. The molecule has 0 N–H and O–H groups in total. The van der Waals surface area contributed by atoms with Gasteiger partial charge in [0.25, 0.3) is 5.91 Å². The van der Waals surface area contributed by atoms with Crippen molar-refractivity contribution < 1.29 is 17.6 Å². The highest BCUT2D eigenvalue weighted by Gasteiger charge is 2.35. The highest BCUT2D eigenvalue weighted by atomic mass is 32.2. The first-order valence-corrected chi connectivity index (χ1v) is 11.8. The minimum atomic E-state index is -4.19. The first-order valence-electron chi connectivity index (χ1n) is 10.3. The fraction of sp³-hybridized carbons (Fsp3) is 0.120. The topological polar surface area (TPSA) is 72.3 Å². The van der Waals surface area contributed by atoms with Gasteiger partial charge in [-0.3, -0.25) is 9.48 Å². The normalized spacial score (nSPS) is 13.4. The smallest absolute Gasteiger partial charge is 0.256 e. The Balaban J connectivity index is 1.43. The lowest BCUT2D eigenvalue weighted by Gasteiger charge is -2.16. The first-order chi connectivity index (χ1) is 15.8. The summed E-state index contributed by atoms with van der Waals surface area (Å²) in [6.45, 7) is 0.624. The molecule has 4 aromatic rings. The van der Waals surface area contributed by atoms with Crippen molar-refractivity contribution in [3.05, 3.63) is 102 Å². The third-order valence-electron chi connectivity index (χ3n) is 5.76. The van der Waals surface area contributed by atoms with Crippen molar-refractivity contribution in [3.8, 4) is 11.1 Å². The minimum Gasteiger partial charge on any atom is -0.330 e. The maximum Gasteiger partial charge on any atom is 0.256 e. The Hall–Kier alpha value is -3.78. The molecule has 1 aliphatic rings. The monoisotopic (exact) mass is 461 g/mol. The molecular formula is C25H20FN3O3S. The van der Waals surface area contributed by atoms with Crippen LogP contribution in [0.15, 0.2) is 88.9 Å². The standard InChI is InChI=1S/C25H20FN3O3S/c1-28-15-20(13-27-28)18-11-9-17(10-12-18)14-29-16-19-5-4-8-23(24(19)25(29)30)33(31,32)22-7-3-2-6-21(22)26/h2-13,15H,14,16H2,1H3. The van der Waals surface area contributed by atoms with Crippen LogP contribution < -0.4 is 0 Å². The fourth-order valence-corrected chi connectivity index (χ4v) is 5.68. The molecule has 0 unspecified atom stereocenters. The summed E-state index contributed by atoms with van der Waals surface area (Å²) in [4.78, 5) is 14.2. The Labute approximate surface area is 190 Å². The number of amides is 1. The van der Waals surface area contributed by atoms with E-state index in [0.717, 1.165) is 22.8 Å². The van der Waals surface area contributed by atoms with Crippen LogP contribution in [0.2, 0.25) is 0 Å². The number of halogens is 1. The molecule has 3 aromatic carbocycles. The number of carbonyl (C=O) groups is 1. The summed E-state index contributed by atoms with van der Waals surface area (Å²) in [5.41, 5.74) is 3.66. The van der Waals surface area contributed by atoms with Crippen LogP contribution in [0.4, 0.5) is 4.39 Å². The fourth-order valence-electron chi connectivity index (χ4n) is 4.11. The molecule has 33 heavy (non-hydrogen) atoms. The highest BCUT2D eigenvalue weighted by molar-refractivity contribution is 7.91. The van der Waals surface area contributed by atoms with Gasteiger partial charge in [0, 0.05) is 31.9 Å². The Bertz CT molecular complexity index is 1480. The average molecular weight is 462 g/mol. The molecule has 0 saturated carbocycles. The van der Waals surface area contributed by atoms with Crippen LogP contribution >= 0.6 is 0 Å². The number of sulfone groups is 1. The molecule has 8 heteroatoms. The number of nitrogens with zero attached hydrogens (tertiary/aromatic N) is 3. The van der Waals surface area contributed by atoms with Crippen molar-refractivity contribution in [1.29, 1.82) is 0 Å². The van der Waals surface area contributed by atoms with E-state index in [1.165, 1.54) is 24.3 Å². The van der Waals surface area contributed by atoms with Gasteiger partial charge in [-0.2, -0.15) is 5.10 Å². The van der Waals surface area contributed by atoms with Gasteiger partial charge in [0.1, 0.15) is 10.7 Å². The molecule has 0 aliphatic carbocycles. The van der Waals surface area contributed by atoms with Crippen LogP contribution in [0.1, 0.15) is 21.5 Å². The zero-order chi connectivity index (χ0) is 23.2. The van der Waals surface area contributed by atoms with Gasteiger partial charge in [-0.25, -0.2) is 12.8 Å². The van der Waals surface area contributed by atoms with Gasteiger partial charge in [-0.1, -0.05) is 48.5 Å². The SMILES string of the molecule is Cn1cc(-c2ccc(CN3Cc4cccc(S(=O)(=O)c5ccccc5F)c4C3=O)cc2)cn1. The predicted molar refractivity (Wildman–Crippen MR) is 121 cm³/mol. The largest absolute Gasteiger partial charge is 0.330 e. The number of hydrogen-bond donors (Lipinski definition) is 0. The van der Waals surface area contributed by atoms with Crippen molar-refractivity contribution in [2.45, 2.75) is 22.9 Å². The molecule has 0 saturated heterocycles. The van der Waals surface area contributed by atoms with Crippen molar-refractivity contribution >= 4 is 15.7 Å². The molecule has 6 nitrogen and oxygen atoms in total. The van der Waals surface area contributed by atoms with Gasteiger partial charge in [-0.05, 0) is 34.9 Å². The van der Waals surface area contributed by atoms with Gasteiger partial charge >= 0.3 is 0 Å².